The van der Waals surface area contributed by atoms with Gasteiger partial charge in [-0.2, -0.15) is 9.59 Å². The van der Waals surface area contributed by atoms with Crippen LogP contribution in [-0.4, -0.2) is 19.0 Å². The van der Waals surface area contributed by atoms with Crippen molar-refractivity contribution in [2.24, 2.45) is 0 Å². The maximum absolute atomic E-state index is 13.5. The molecular weight excluding hydrogens is 448 g/mol. The zero-order valence-corrected chi connectivity index (χ0v) is 20.2. The number of benzene rings is 3. The monoisotopic (exact) mass is 472 g/mol. The lowest BCUT2D eigenvalue weighted by molar-refractivity contribution is -0.191. The van der Waals surface area contributed by atoms with Gasteiger partial charge < -0.3 is 9.47 Å². The van der Waals surface area contributed by atoms with Gasteiger partial charge in [-0.15, -0.1) is 11.3 Å². The number of fused-ring (bicyclic) bond motifs is 1. The van der Waals surface area contributed by atoms with E-state index in [2.05, 4.69) is 0 Å². The van der Waals surface area contributed by atoms with Crippen molar-refractivity contribution in [1.29, 1.82) is 0 Å². The van der Waals surface area contributed by atoms with E-state index >= 15 is 0 Å². The Bertz CT molecular complexity index is 1370. The van der Waals surface area contributed by atoms with Crippen LogP contribution in [0.5, 0.6) is 17.2 Å². The van der Waals surface area contributed by atoms with E-state index in [0.717, 1.165) is 32.5 Å². The Labute approximate surface area is 202 Å². The molecule has 3 aromatic carbocycles. The van der Waals surface area contributed by atoms with Gasteiger partial charge in [-0.3, -0.25) is 4.79 Å². The second kappa shape index (κ2) is 11.2. The fourth-order valence-electron chi connectivity index (χ4n) is 3.58. The summed E-state index contributed by atoms with van der Waals surface area (Å²) >= 11 is 1.43. The van der Waals surface area contributed by atoms with Gasteiger partial charge in [-0.25, -0.2) is 0 Å². The maximum Gasteiger partial charge on any atom is 0.373 e. The standard InChI is InChI=1S/C27H24O3S.CO2/c1-5-6-19-8-10-20(11-9-19)30-26-23-14-12-21(29-4)16-24(23)31-27(26)25(28)22-13-7-17(2)15-18(22)3;2-1-3/h5-16H,1-4H3;/b6-5+;. The molecule has 0 unspecified atom stereocenters. The van der Waals surface area contributed by atoms with E-state index in [4.69, 9.17) is 19.1 Å². The molecule has 5 nitrogen and oxygen atoms in total. The molecule has 0 spiro atoms. The molecule has 0 aliphatic rings. The highest BCUT2D eigenvalue weighted by Crippen LogP contribution is 2.43. The molecule has 4 rings (SSSR count). The molecule has 0 bridgehead atoms. The maximum atomic E-state index is 13.5. The first-order valence-electron chi connectivity index (χ1n) is 10.5. The highest BCUT2D eigenvalue weighted by molar-refractivity contribution is 7.21. The Kier molecular flexibility index (Phi) is 8.14. The molecule has 0 aliphatic carbocycles. The SMILES string of the molecule is C/C=C/c1ccc(Oc2c(C(=O)c3ccc(C)cc3C)sc3cc(OC)ccc23)cc1.O=C=O. The van der Waals surface area contributed by atoms with Crippen molar-refractivity contribution in [3.63, 3.8) is 0 Å². The van der Waals surface area contributed by atoms with Crippen LogP contribution in [0.1, 0.15) is 38.8 Å². The van der Waals surface area contributed by atoms with Gasteiger partial charge in [-0.05, 0) is 62.2 Å². The molecule has 0 saturated heterocycles. The van der Waals surface area contributed by atoms with Crippen molar-refractivity contribution >= 4 is 39.4 Å². The summed E-state index contributed by atoms with van der Waals surface area (Å²) in [5, 5.41) is 0.899. The first-order valence-corrected chi connectivity index (χ1v) is 11.4. The number of carbonyl (C=O) groups is 1. The number of methoxy groups -OCH3 is 1. The fraction of sp³-hybridized carbons (Fsp3) is 0.143. The number of hydrogen-bond donors (Lipinski definition) is 0. The van der Waals surface area contributed by atoms with Crippen LogP contribution in [-0.2, 0) is 9.59 Å². The fourth-order valence-corrected chi connectivity index (χ4v) is 4.69. The second-order valence-corrected chi connectivity index (χ2v) is 8.58. The Morgan fingerprint density at radius 1 is 0.941 bits per heavy atom. The van der Waals surface area contributed by atoms with Crippen molar-refractivity contribution in [2.75, 3.05) is 7.11 Å². The van der Waals surface area contributed by atoms with Crippen molar-refractivity contribution in [2.45, 2.75) is 20.8 Å². The largest absolute Gasteiger partial charge is 0.497 e. The quantitative estimate of drug-likeness (QED) is 0.283. The van der Waals surface area contributed by atoms with Crippen molar-refractivity contribution < 1.29 is 23.9 Å². The van der Waals surface area contributed by atoms with E-state index < -0.39 is 0 Å². The van der Waals surface area contributed by atoms with Gasteiger partial charge in [0, 0.05) is 15.6 Å². The molecule has 1 heterocycles. The summed E-state index contributed by atoms with van der Waals surface area (Å²) in [6.45, 7) is 5.98. The minimum Gasteiger partial charge on any atom is -0.497 e. The molecule has 1 aromatic heterocycles. The molecular formula is C28H24O5S. The number of aryl methyl sites for hydroxylation is 2. The predicted octanol–water partition coefficient (Wildman–Crippen LogP) is 7.00. The summed E-state index contributed by atoms with van der Waals surface area (Å²) in [6.07, 6.45) is 4.28. The van der Waals surface area contributed by atoms with E-state index in [1.807, 2.05) is 93.6 Å². The highest BCUT2D eigenvalue weighted by atomic mass is 32.1. The molecule has 0 aliphatic heterocycles. The van der Waals surface area contributed by atoms with Crippen LogP contribution in [0.15, 0.2) is 66.7 Å². The average molecular weight is 473 g/mol. The second-order valence-electron chi connectivity index (χ2n) is 7.52. The average Bonchev–Trinajstić information content (AvgIpc) is 3.18. The highest BCUT2D eigenvalue weighted by Gasteiger charge is 2.23. The summed E-state index contributed by atoms with van der Waals surface area (Å²) in [4.78, 5) is 30.4. The number of thiophene rings is 1. The van der Waals surface area contributed by atoms with Gasteiger partial charge >= 0.3 is 6.15 Å². The molecule has 0 fully saturated rings. The van der Waals surface area contributed by atoms with Crippen LogP contribution >= 0.6 is 11.3 Å². The third-order valence-corrected chi connectivity index (χ3v) is 6.28. The lowest BCUT2D eigenvalue weighted by Crippen LogP contribution is -2.03. The van der Waals surface area contributed by atoms with Crippen LogP contribution in [0, 0.1) is 13.8 Å². The third-order valence-electron chi connectivity index (χ3n) is 5.14. The summed E-state index contributed by atoms with van der Waals surface area (Å²) in [7, 11) is 1.64. The van der Waals surface area contributed by atoms with Crippen LogP contribution in [0.4, 0.5) is 0 Å². The van der Waals surface area contributed by atoms with Crippen molar-refractivity contribution in [1.82, 2.24) is 0 Å². The first-order chi connectivity index (χ1) is 16.4. The topological polar surface area (TPSA) is 69.7 Å². The van der Waals surface area contributed by atoms with Crippen LogP contribution in [0.3, 0.4) is 0 Å². The van der Waals surface area contributed by atoms with Crippen molar-refractivity contribution in [3.05, 3.63) is 93.9 Å². The van der Waals surface area contributed by atoms with Crippen LogP contribution in [0.25, 0.3) is 16.2 Å². The Morgan fingerprint density at radius 2 is 1.62 bits per heavy atom. The first kappa shape index (κ1) is 24.6. The van der Waals surface area contributed by atoms with Crippen LogP contribution in [0.2, 0.25) is 0 Å². The Hall–Kier alpha value is -3.99. The normalized spacial score (nSPS) is 10.5. The lowest BCUT2D eigenvalue weighted by atomic mass is 10.0. The summed E-state index contributed by atoms with van der Waals surface area (Å²) in [6, 6.07) is 19.5. The minimum absolute atomic E-state index is 0.0294. The summed E-state index contributed by atoms with van der Waals surface area (Å²) in [5.41, 5.74) is 3.88. The number of carbonyl (C=O) groups excluding carboxylic acids is 3. The molecule has 34 heavy (non-hydrogen) atoms. The molecule has 0 N–H and O–H groups in total. The van der Waals surface area contributed by atoms with E-state index in [9.17, 15) is 4.79 Å². The third kappa shape index (κ3) is 5.49. The minimum atomic E-state index is -0.0294. The van der Waals surface area contributed by atoms with Crippen molar-refractivity contribution in [3.8, 4) is 17.2 Å². The number of hydrogen-bond acceptors (Lipinski definition) is 6. The number of rotatable bonds is 6. The molecule has 0 amide bonds. The van der Waals surface area contributed by atoms with Gasteiger partial charge in [0.05, 0.1) is 7.11 Å². The molecule has 0 atom stereocenters. The van der Waals surface area contributed by atoms with Crippen LogP contribution < -0.4 is 9.47 Å². The molecule has 4 aromatic rings. The molecule has 0 radical (unpaired) electrons. The Balaban J connectivity index is 0.00000103. The summed E-state index contributed by atoms with van der Waals surface area (Å²) < 4.78 is 12.6. The van der Waals surface area contributed by atoms with Gasteiger partial charge in [0.15, 0.2) is 5.75 Å². The van der Waals surface area contributed by atoms with Gasteiger partial charge in [0.2, 0.25) is 5.78 Å². The van der Waals surface area contributed by atoms with Gasteiger partial charge in [0.25, 0.3) is 0 Å². The van der Waals surface area contributed by atoms with E-state index in [0.29, 0.717) is 21.9 Å². The molecule has 0 saturated carbocycles. The smallest absolute Gasteiger partial charge is 0.373 e. The molecule has 6 heteroatoms. The number of ether oxygens (including phenoxy) is 2. The molecule has 172 valence electrons. The zero-order chi connectivity index (χ0) is 24.7. The van der Waals surface area contributed by atoms with Gasteiger partial charge in [0.1, 0.15) is 16.4 Å². The lowest BCUT2D eigenvalue weighted by Gasteiger charge is -2.10. The predicted molar refractivity (Wildman–Crippen MR) is 134 cm³/mol. The van der Waals surface area contributed by atoms with Gasteiger partial charge in [-0.1, -0.05) is 48.0 Å². The zero-order valence-electron chi connectivity index (χ0n) is 19.4. The van der Waals surface area contributed by atoms with E-state index in [1.54, 1.807) is 7.11 Å². The number of allylic oxidation sites excluding steroid dienone is 1. The van der Waals surface area contributed by atoms with E-state index in [-0.39, 0.29) is 11.9 Å². The summed E-state index contributed by atoms with van der Waals surface area (Å²) in [5.74, 6) is 2.00. The van der Waals surface area contributed by atoms with E-state index in [1.165, 1.54) is 11.3 Å². The number of ketones is 1. The Morgan fingerprint density at radius 3 is 2.24 bits per heavy atom.